The standard InChI is InChI=1S/C34H35F2N9O5/c1-33(2,3)50-31(47)42-29-30-39-17-26(45(30)41-19-40-29)28(46)21-15-24(20-9-10-22(35)23(36)14-20)38-16-25(21)44-13-7-11-34(18-44,43-32(48)49-4)27-8-5-6-12-37-27/h5-6,8-10,12,14-17,19,28,46H,7,11,13,18H2,1-4H3,(H,43,48)(H,40,41,42,47). The van der Waals surface area contributed by atoms with Gasteiger partial charge >= 0.3 is 12.2 Å². The summed E-state index contributed by atoms with van der Waals surface area (Å²) in [5.74, 6) is -2.01. The molecule has 4 aromatic heterocycles. The van der Waals surface area contributed by atoms with E-state index in [0.717, 1.165) is 12.1 Å². The number of aliphatic hydroxyl groups excluding tert-OH is 1. The maximum absolute atomic E-state index is 14.3. The third-order valence-electron chi connectivity index (χ3n) is 8.17. The van der Waals surface area contributed by atoms with Crippen LogP contribution in [0.4, 0.5) is 29.9 Å². The van der Waals surface area contributed by atoms with E-state index < -0.39 is 41.1 Å². The minimum Gasteiger partial charge on any atom is -0.453 e. The molecule has 0 bridgehead atoms. The summed E-state index contributed by atoms with van der Waals surface area (Å²) in [6.07, 6.45) is 4.14. The number of ether oxygens (including phenoxy) is 2. The molecule has 1 aromatic carbocycles. The van der Waals surface area contributed by atoms with Crippen LogP contribution in [0.25, 0.3) is 16.9 Å². The van der Waals surface area contributed by atoms with Crippen molar-refractivity contribution in [1.29, 1.82) is 0 Å². The molecule has 0 aliphatic carbocycles. The van der Waals surface area contributed by atoms with Gasteiger partial charge in [0.2, 0.25) is 0 Å². The molecule has 6 rings (SSSR count). The van der Waals surface area contributed by atoms with Crippen molar-refractivity contribution in [3.05, 3.63) is 96.0 Å². The number of carbonyl (C=O) groups excluding carboxylic acids is 2. The first-order valence-corrected chi connectivity index (χ1v) is 15.7. The molecule has 16 heteroatoms. The van der Waals surface area contributed by atoms with Gasteiger partial charge in [-0.15, -0.1) is 0 Å². The number of nitrogens with one attached hydrogen (secondary N) is 2. The third-order valence-corrected chi connectivity index (χ3v) is 8.17. The lowest BCUT2D eigenvalue weighted by Gasteiger charge is -2.44. The zero-order chi connectivity index (χ0) is 35.6. The number of methoxy groups -OCH3 is 1. The van der Waals surface area contributed by atoms with E-state index in [1.165, 1.54) is 36.4 Å². The molecule has 0 spiro atoms. The molecule has 0 radical (unpaired) electrons. The summed E-state index contributed by atoms with van der Waals surface area (Å²) < 4.78 is 39.8. The van der Waals surface area contributed by atoms with Gasteiger partial charge in [-0.3, -0.25) is 15.3 Å². The Hall–Kier alpha value is -5.77. The van der Waals surface area contributed by atoms with Crippen LogP contribution in [0, 0.1) is 11.6 Å². The van der Waals surface area contributed by atoms with E-state index in [0.29, 0.717) is 36.3 Å². The molecule has 5 aromatic rings. The van der Waals surface area contributed by atoms with Crippen LogP contribution in [0.3, 0.4) is 0 Å². The van der Waals surface area contributed by atoms with E-state index >= 15 is 0 Å². The maximum Gasteiger partial charge on any atom is 0.413 e. The van der Waals surface area contributed by atoms with Crippen LogP contribution in [0.1, 0.15) is 56.7 Å². The van der Waals surface area contributed by atoms with E-state index in [1.54, 1.807) is 39.1 Å². The predicted octanol–water partition coefficient (Wildman–Crippen LogP) is 5.14. The highest BCUT2D eigenvalue weighted by Gasteiger charge is 2.41. The molecule has 2 amide bonds. The van der Waals surface area contributed by atoms with Crippen molar-refractivity contribution in [1.82, 2.24) is 34.9 Å². The van der Waals surface area contributed by atoms with Crippen LogP contribution in [-0.2, 0) is 15.0 Å². The van der Waals surface area contributed by atoms with Crippen LogP contribution >= 0.6 is 0 Å². The van der Waals surface area contributed by atoms with Crippen LogP contribution in [0.2, 0.25) is 0 Å². The van der Waals surface area contributed by atoms with E-state index in [1.807, 2.05) is 17.0 Å². The van der Waals surface area contributed by atoms with Crippen LogP contribution < -0.4 is 15.5 Å². The molecule has 5 heterocycles. The van der Waals surface area contributed by atoms with Crippen molar-refractivity contribution in [2.24, 2.45) is 0 Å². The highest BCUT2D eigenvalue weighted by Crippen LogP contribution is 2.39. The van der Waals surface area contributed by atoms with Gasteiger partial charge in [-0.2, -0.15) is 5.10 Å². The second kappa shape index (κ2) is 13.6. The van der Waals surface area contributed by atoms with Gasteiger partial charge in [-0.25, -0.2) is 32.9 Å². The number of hydrogen-bond acceptors (Lipinski definition) is 11. The van der Waals surface area contributed by atoms with Gasteiger partial charge < -0.3 is 24.8 Å². The lowest BCUT2D eigenvalue weighted by atomic mass is 9.84. The number of benzene rings is 1. The number of fused-ring (bicyclic) bond motifs is 1. The molecule has 1 fully saturated rings. The Kier molecular flexibility index (Phi) is 9.29. The summed E-state index contributed by atoms with van der Waals surface area (Å²) in [7, 11) is 1.28. The molecular weight excluding hydrogens is 652 g/mol. The van der Waals surface area contributed by atoms with Crippen molar-refractivity contribution in [2.75, 3.05) is 30.4 Å². The van der Waals surface area contributed by atoms with Gasteiger partial charge in [0.25, 0.3) is 0 Å². The zero-order valence-electron chi connectivity index (χ0n) is 27.7. The Morgan fingerprint density at radius 3 is 2.56 bits per heavy atom. The summed E-state index contributed by atoms with van der Waals surface area (Å²) in [5.41, 5.74) is 0.599. The second-order valence-corrected chi connectivity index (χ2v) is 12.8. The number of piperidine rings is 1. The molecule has 50 heavy (non-hydrogen) atoms. The van der Waals surface area contributed by atoms with Crippen molar-refractivity contribution < 1.29 is 33.0 Å². The van der Waals surface area contributed by atoms with Crippen LogP contribution in [-0.4, -0.2) is 72.6 Å². The monoisotopic (exact) mass is 687 g/mol. The second-order valence-electron chi connectivity index (χ2n) is 12.8. The fourth-order valence-corrected chi connectivity index (χ4v) is 5.96. The molecule has 1 saturated heterocycles. The first-order valence-electron chi connectivity index (χ1n) is 15.7. The molecule has 14 nitrogen and oxygen atoms in total. The molecule has 2 unspecified atom stereocenters. The largest absolute Gasteiger partial charge is 0.453 e. The summed E-state index contributed by atoms with van der Waals surface area (Å²) in [5, 5.41) is 21.9. The van der Waals surface area contributed by atoms with Gasteiger partial charge in [0.1, 0.15) is 23.6 Å². The molecule has 260 valence electrons. The van der Waals surface area contributed by atoms with Gasteiger partial charge in [0, 0.05) is 30.4 Å². The highest BCUT2D eigenvalue weighted by atomic mass is 19.2. The average molecular weight is 688 g/mol. The number of anilines is 2. The fraction of sp³-hybridized carbons (Fsp3) is 0.324. The number of aliphatic hydroxyl groups is 1. The van der Waals surface area contributed by atoms with Crippen LogP contribution in [0.15, 0.2) is 67.4 Å². The highest BCUT2D eigenvalue weighted by molar-refractivity contribution is 5.87. The zero-order valence-corrected chi connectivity index (χ0v) is 27.7. The summed E-state index contributed by atoms with van der Waals surface area (Å²) in [6, 6.07) is 10.4. The minimum atomic E-state index is -1.41. The number of amides is 2. The van der Waals surface area contributed by atoms with E-state index in [4.69, 9.17) is 9.47 Å². The first kappa shape index (κ1) is 34.1. The molecular formula is C34H35F2N9O5. The van der Waals surface area contributed by atoms with Gasteiger partial charge in [0.15, 0.2) is 23.1 Å². The summed E-state index contributed by atoms with van der Waals surface area (Å²) >= 11 is 0. The number of hydrogen-bond donors (Lipinski definition) is 3. The van der Waals surface area contributed by atoms with E-state index in [-0.39, 0.29) is 35.0 Å². The smallest absolute Gasteiger partial charge is 0.413 e. The Labute approximate surface area is 285 Å². The number of nitrogens with zero attached hydrogens (tertiary/aromatic N) is 7. The normalized spacial score (nSPS) is 16.9. The predicted molar refractivity (Wildman–Crippen MR) is 177 cm³/mol. The summed E-state index contributed by atoms with van der Waals surface area (Å²) in [4.78, 5) is 44.8. The van der Waals surface area contributed by atoms with E-state index in [2.05, 4.69) is 35.7 Å². The molecule has 2 atom stereocenters. The van der Waals surface area contributed by atoms with Crippen molar-refractivity contribution in [2.45, 2.75) is 50.9 Å². The number of rotatable bonds is 7. The number of imidazole rings is 1. The topological polar surface area (TPSA) is 169 Å². The third kappa shape index (κ3) is 7.01. The number of alkyl carbamates (subject to hydrolysis) is 1. The molecule has 1 aliphatic heterocycles. The number of halogens is 2. The minimum absolute atomic E-state index is 0.0511. The van der Waals surface area contributed by atoms with Crippen molar-refractivity contribution in [3.8, 4) is 11.3 Å². The maximum atomic E-state index is 14.3. The Morgan fingerprint density at radius 1 is 1.02 bits per heavy atom. The number of aromatic nitrogens is 6. The van der Waals surface area contributed by atoms with Gasteiger partial charge in [0.05, 0.1) is 42.3 Å². The average Bonchev–Trinajstić information content (AvgIpc) is 3.54. The van der Waals surface area contributed by atoms with E-state index in [9.17, 15) is 23.5 Å². The van der Waals surface area contributed by atoms with Gasteiger partial charge in [-0.1, -0.05) is 6.07 Å². The van der Waals surface area contributed by atoms with Crippen molar-refractivity contribution in [3.63, 3.8) is 0 Å². The Morgan fingerprint density at radius 2 is 1.84 bits per heavy atom. The quantitative estimate of drug-likeness (QED) is 0.207. The Bertz CT molecular complexity index is 2040. The fourth-order valence-electron chi connectivity index (χ4n) is 5.96. The van der Waals surface area contributed by atoms with Crippen LogP contribution in [0.5, 0.6) is 0 Å². The molecule has 0 saturated carbocycles. The number of pyridine rings is 2. The lowest BCUT2D eigenvalue weighted by molar-refractivity contribution is 0.0635. The van der Waals surface area contributed by atoms with Gasteiger partial charge in [-0.05, 0) is 70.0 Å². The SMILES string of the molecule is COC(=O)NC1(c2ccccn2)CCCN(c2cnc(-c3ccc(F)c(F)c3)cc2C(O)c2cnc3c(NC(=O)OC(C)(C)C)ncnn23)C1. The van der Waals surface area contributed by atoms with Crippen molar-refractivity contribution >= 4 is 29.3 Å². The number of carbonyl (C=O) groups is 2. The summed E-state index contributed by atoms with van der Waals surface area (Å²) in [6.45, 7) is 5.91. The Balaban J connectivity index is 1.44. The molecule has 1 aliphatic rings. The first-order chi connectivity index (χ1) is 23.9. The molecule has 3 N–H and O–H groups in total. The lowest BCUT2D eigenvalue weighted by Crippen LogP contribution is -2.57.